The summed E-state index contributed by atoms with van der Waals surface area (Å²) in [7, 11) is -15.7. The summed E-state index contributed by atoms with van der Waals surface area (Å²) in [6.07, 6.45) is 4.91. The smallest absolute Gasteiger partial charge is 0.309 e. The molecular weight excluding hydrogens is 688 g/mol. The highest BCUT2D eigenvalue weighted by molar-refractivity contribution is 7.74. The van der Waals surface area contributed by atoms with Gasteiger partial charge in [0.1, 0.15) is 0 Å². The van der Waals surface area contributed by atoms with E-state index >= 15 is 9.13 Å². The van der Waals surface area contributed by atoms with E-state index in [2.05, 4.69) is 0 Å². The molecule has 0 spiro atoms. The first-order valence-corrected chi connectivity index (χ1v) is 24.5. The molecule has 0 heterocycles. The normalized spacial score (nSPS) is 13.4. The Labute approximate surface area is 286 Å². The number of hydrogen-bond acceptors (Lipinski definition) is 12. The standard InChI is InChI=1S/C31H68O12P4/c1-9-21-36-44(32,37-22-10-2)29-17-19-31(46(34,40-25-13-5)41-26-14-6,47(35,42-27-15-7)43-28-16-8)20-18-30-45(33,38-23-11-3)39-24-12-4/h9-30H2,1-8H3. The molecule has 0 unspecified atom stereocenters. The van der Waals surface area contributed by atoms with Crippen molar-refractivity contribution in [3.8, 4) is 0 Å². The van der Waals surface area contributed by atoms with Crippen LogP contribution in [0.2, 0.25) is 0 Å². The van der Waals surface area contributed by atoms with E-state index in [0.29, 0.717) is 51.4 Å². The maximum atomic E-state index is 15.3. The first kappa shape index (κ1) is 47.6. The fourth-order valence-corrected chi connectivity index (χ4v) is 14.6. The van der Waals surface area contributed by atoms with Gasteiger partial charge in [0.2, 0.25) is 0 Å². The van der Waals surface area contributed by atoms with Crippen molar-refractivity contribution in [2.24, 2.45) is 0 Å². The average Bonchev–Trinajstić information content (AvgIpc) is 3.07. The van der Waals surface area contributed by atoms with Crippen molar-refractivity contribution in [1.82, 2.24) is 0 Å². The Balaban J connectivity index is 7.22. The average molecular weight is 757 g/mol. The summed E-state index contributed by atoms with van der Waals surface area (Å²) in [5.41, 5.74) is 0. The Morgan fingerprint density at radius 3 is 0.787 bits per heavy atom. The molecule has 16 heteroatoms. The maximum absolute atomic E-state index is 15.3. The predicted octanol–water partition coefficient (Wildman–Crippen LogP) is 11.4. The van der Waals surface area contributed by atoms with Crippen molar-refractivity contribution in [1.29, 1.82) is 0 Å². The molecule has 0 bridgehead atoms. The second kappa shape index (κ2) is 26.4. The fourth-order valence-electron chi connectivity index (χ4n) is 4.59. The van der Waals surface area contributed by atoms with E-state index in [1.807, 2.05) is 55.4 Å². The minimum atomic E-state index is -4.30. The van der Waals surface area contributed by atoms with Gasteiger partial charge < -0.3 is 36.2 Å². The molecule has 0 saturated carbocycles. The lowest BCUT2D eigenvalue weighted by atomic mass is 10.1. The maximum Gasteiger partial charge on any atom is 0.348 e. The van der Waals surface area contributed by atoms with Crippen molar-refractivity contribution < 1.29 is 54.5 Å². The highest BCUT2D eigenvalue weighted by Gasteiger charge is 2.64. The molecule has 0 atom stereocenters. The van der Waals surface area contributed by atoms with Crippen LogP contribution in [-0.2, 0) is 54.5 Å². The van der Waals surface area contributed by atoms with Crippen LogP contribution in [-0.4, -0.2) is 70.1 Å². The van der Waals surface area contributed by atoms with Gasteiger partial charge in [0, 0.05) is 0 Å². The molecule has 0 aromatic carbocycles. The fraction of sp³-hybridized carbons (Fsp3) is 1.00. The highest BCUT2D eigenvalue weighted by Crippen LogP contribution is 2.81. The molecule has 284 valence electrons. The lowest BCUT2D eigenvalue weighted by molar-refractivity contribution is 0.157. The van der Waals surface area contributed by atoms with Gasteiger partial charge in [0.25, 0.3) is 0 Å². The zero-order valence-corrected chi connectivity index (χ0v) is 34.3. The van der Waals surface area contributed by atoms with E-state index in [0.717, 1.165) is 0 Å². The van der Waals surface area contributed by atoms with Crippen LogP contribution in [0.3, 0.4) is 0 Å². The van der Waals surface area contributed by atoms with Gasteiger partial charge in [-0.2, -0.15) is 0 Å². The summed E-state index contributed by atoms with van der Waals surface area (Å²) in [6, 6.07) is 0. The van der Waals surface area contributed by atoms with Crippen LogP contribution in [0.1, 0.15) is 132 Å². The molecule has 47 heavy (non-hydrogen) atoms. The molecule has 0 rings (SSSR count). The Kier molecular flexibility index (Phi) is 26.7. The second-order valence-corrected chi connectivity index (χ2v) is 21.0. The molecule has 0 saturated heterocycles. The molecule has 0 radical (unpaired) electrons. The van der Waals surface area contributed by atoms with Crippen LogP contribution in [0, 0.1) is 0 Å². The monoisotopic (exact) mass is 756 g/mol. The Morgan fingerprint density at radius 1 is 0.362 bits per heavy atom. The van der Waals surface area contributed by atoms with Crippen LogP contribution >= 0.6 is 30.4 Å². The number of hydrogen-bond donors (Lipinski definition) is 0. The van der Waals surface area contributed by atoms with Crippen LogP contribution in [0.5, 0.6) is 0 Å². The zero-order valence-electron chi connectivity index (χ0n) is 30.7. The first-order valence-electron chi connectivity index (χ1n) is 17.9. The quantitative estimate of drug-likeness (QED) is 0.0576. The Morgan fingerprint density at radius 2 is 0.574 bits per heavy atom. The Bertz CT molecular complexity index is 856. The summed E-state index contributed by atoms with van der Waals surface area (Å²) in [5.74, 6) is 0. The summed E-state index contributed by atoms with van der Waals surface area (Å²) < 4.78 is 105. The van der Waals surface area contributed by atoms with Gasteiger partial charge in [0.05, 0.1) is 65.2 Å². The molecule has 0 aliphatic heterocycles. The van der Waals surface area contributed by atoms with Gasteiger partial charge in [-0.1, -0.05) is 55.4 Å². The molecule has 0 fully saturated rings. The summed E-state index contributed by atoms with van der Waals surface area (Å²) in [6.45, 7) is 16.6. The predicted molar refractivity (Wildman–Crippen MR) is 191 cm³/mol. The van der Waals surface area contributed by atoms with E-state index in [-0.39, 0.29) is 90.9 Å². The van der Waals surface area contributed by atoms with E-state index < -0.39 is 35.3 Å². The van der Waals surface area contributed by atoms with Crippen molar-refractivity contribution in [2.45, 2.75) is 137 Å². The van der Waals surface area contributed by atoms with Gasteiger partial charge in [0.15, 0.2) is 4.90 Å². The van der Waals surface area contributed by atoms with Crippen LogP contribution in [0.25, 0.3) is 0 Å². The molecule has 0 aliphatic carbocycles. The molecular formula is C31H68O12P4. The van der Waals surface area contributed by atoms with Crippen molar-refractivity contribution in [3.05, 3.63) is 0 Å². The zero-order chi connectivity index (χ0) is 35.7. The van der Waals surface area contributed by atoms with Gasteiger partial charge >= 0.3 is 30.4 Å². The largest absolute Gasteiger partial charge is 0.348 e. The Hall–Kier alpha value is 0.600. The third-order valence-corrected chi connectivity index (χ3v) is 17.4. The van der Waals surface area contributed by atoms with Crippen LogP contribution < -0.4 is 0 Å². The van der Waals surface area contributed by atoms with Gasteiger partial charge in [-0.05, 0) is 77.0 Å². The third kappa shape index (κ3) is 16.7. The van der Waals surface area contributed by atoms with Gasteiger partial charge in [-0.25, -0.2) is 0 Å². The van der Waals surface area contributed by atoms with E-state index in [1.54, 1.807) is 0 Å². The third-order valence-electron chi connectivity index (χ3n) is 6.87. The first-order chi connectivity index (χ1) is 22.4. The van der Waals surface area contributed by atoms with E-state index in [1.165, 1.54) is 0 Å². The molecule has 0 amide bonds. The molecule has 0 aromatic rings. The van der Waals surface area contributed by atoms with E-state index in [4.69, 9.17) is 36.2 Å². The number of rotatable bonds is 34. The lowest BCUT2D eigenvalue weighted by Crippen LogP contribution is -2.34. The van der Waals surface area contributed by atoms with Crippen molar-refractivity contribution >= 4 is 30.4 Å². The van der Waals surface area contributed by atoms with Gasteiger partial charge in [-0.3, -0.25) is 18.3 Å². The summed E-state index contributed by atoms with van der Waals surface area (Å²) >= 11 is 0. The minimum absolute atomic E-state index is 0.00439. The minimum Gasteiger partial charge on any atom is -0.309 e. The highest BCUT2D eigenvalue weighted by atomic mass is 31.2. The second-order valence-electron chi connectivity index (χ2n) is 11.5. The molecule has 0 N–H and O–H groups in total. The van der Waals surface area contributed by atoms with Crippen LogP contribution in [0.4, 0.5) is 0 Å². The van der Waals surface area contributed by atoms with Crippen molar-refractivity contribution in [2.75, 3.05) is 65.2 Å². The van der Waals surface area contributed by atoms with E-state index in [9.17, 15) is 9.13 Å². The SMILES string of the molecule is CCCOP(=O)(CCCC(CCCP(=O)(OCCC)OCCC)(P(=O)(OCCC)OCCC)P(=O)(OCCC)OCCC)OCCC. The topological polar surface area (TPSA) is 142 Å². The molecule has 12 nitrogen and oxygen atoms in total. The molecule has 0 aromatic heterocycles. The summed E-state index contributed by atoms with van der Waals surface area (Å²) in [4.78, 5) is -1.81. The van der Waals surface area contributed by atoms with Crippen LogP contribution in [0.15, 0.2) is 0 Å². The molecule has 0 aliphatic rings. The lowest BCUT2D eigenvalue weighted by Gasteiger charge is -2.43. The van der Waals surface area contributed by atoms with Gasteiger partial charge in [-0.15, -0.1) is 0 Å². The summed E-state index contributed by atoms with van der Waals surface area (Å²) in [5, 5.41) is 0. The van der Waals surface area contributed by atoms with Crippen molar-refractivity contribution in [3.63, 3.8) is 0 Å².